The quantitative estimate of drug-likeness (QED) is 0.297. The molecule has 1 fully saturated rings. The molecule has 0 bridgehead atoms. The van der Waals surface area contributed by atoms with E-state index in [0.29, 0.717) is 42.7 Å². The van der Waals surface area contributed by atoms with Gasteiger partial charge in [0.1, 0.15) is 19.0 Å². The number of carbonyl (C=O) groups is 2. The van der Waals surface area contributed by atoms with E-state index in [2.05, 4.69) is 5.32 Å². The number of nitrogens with one attached hydrogen (secondary N) is 1. The van der Waals surface area contributed by atoms with Crippen LogP contribution >= 0.6 is 11.8 Å². The number of fused-ring (bicyclic) bond motifs is 1. The van der Waals surface area contributed by atoms with Gasteiger partial charge in [-0.15, -0.1) is 0 Å². The van der Waals surface area contributed by atoms with Crippen LogP contribution in [0.2, 0.25) is 0 Å². The van der Waals surface area contributed by atoms with Gasteiger partial charge in [-0.05, 0) is 54.4 Å². The van der Waals surface area contributed by atoms with Crippen LogP contribution in [0.15, 0.2) is 82.0 Å². The fourth-order valence-electron chi connectivity index (χ4n) is 4.56. The molecule has 1 saturated carbocycles. The summed E-state index contributed by atoms with van der Waals surface area (Å²) < 4.78 is 16.7. The number of benzene rings is 2. The average Bonchev–Trinajstić information content (AvgIpc) is 3.71. The normalized spacial score (nSPS) is 18.3. The maximum Gasteiger partial charge on any atom is 0.338 e. The zero-order valence-corrected chi connectivity index (χ0v) is 23.0. The van der Waals surface area contributed by atoms with Gasteiger partial charge >= 0.3 is 5.97 Å². The molecule has 0 spiro atoms. The molecule has 0 aromatic heterocycles. The summed E-state index contributed by atoms with van der Waals surface area (Å²) in [5.74, 6) is 0.787. The van der Waals surface area contributed by atoms with Crippen LogP contribution < -0.4 is 10.1 Å². The van der Waals surface area contributed by atoms with Gasteiger partial charge in [0.15, 0.2) is 5.17 Å². The van der Waals surface area contributed by atoms with E-state index in [1.54, 1.807) is 7.11 Å². The van der Waals surface area contributed by atoms with E-state index >= 15 is 0 Å². The Bertz CT molecular complexity index is 1300. The van der Waals surface area contributed by atoms with Gasteiger partial charge in [-0.1, -0.05) is 54.2 Å². The predicted molar refractivity (Wildman–Crippen MR) is 151 cm³/mol. The van der Waals surface area contributed by atoms with Gasteiger partial charge in [-0.25, -0.2) is 9.79 Å². The van der Waals surface area contributed by atoms with Gasteiger partial charge in [0.25, 0.3) is 0 Å². The molecule has 0 radical (unpaired) electrons. The Morgan fingerprint density at radius 1 is 1.10 bits per heavy atom. The van der Waals surface area contributed by atoms with E-state index in [0.717, 1.165) is 22.0 Å². The number of amides is 1. The summed E-state index contributed by atoms with van der Waals surface area (Å²) in [6.07, 6.45) is 2.54. The number of nitrogens with zero attached hydrogens (tertiary/aromatic N) is 2. The molecule has 5 rings (SSSR count). The van der Waals surface area contributed by atoms with E-state index in [1.807, 2.05) is 71.8 Å². The van der Waals surface area contributed by atoms with E-state index in [-0.39, 0.29) is 18.9 Å². The maximum atomic E-state index is 13.4. The van der Waals surface area contributed by atoms with E-state index in [1.165, 1.54) is 24.6 Å². The molecule has 1 aliphatic carbocycles. The Hall–Kier alpha value is -3.56. The van der Waals surface area contributed by atoms with Crippen LogP contribution in [0, 0.1) is 5.92 Å². The topological polar surface area (TPSA) is 89.5 Å². The summed E-state index contributed by atoms with van der Waals surface area (Å²) in [5, 5.41) is 5.72. The Morgan fingerprint density at radius 2 is 1.92 bits per heavy atom. The zero-order valence-electron chi connectivity index (χ0n) is 22.2. The van der Waals surface area contributed by atoms with Crippen LogP contribution in [0.25, 0.3) is 0 Å². The Labute approximate surface area is 233 Å². The molecule has 8 nitrogen and oxygen atoms in total. The summed E-state index contributed by atoms with van der Waals surface area (Å²) in [6, 6.07) is 17.2. The fraction of sp³-hybridized carbons (Fsp3) is 0.367. The number of thioether (sulfide) groups is 1. The second kappa shape index (κ2) is 12.5. The van der Waals surface area contributed by atoms with Gasteiger partial charge in [0.05, 0.1) is 30.3 Å². The van der Waals surface area contributed by atoms with Crippen molar-refractivity contribution in [2.45, 2.75) is 38.8 Å². The highest BCUT2D eigenvalue weighted by atomic mass is 32.2. The van der Waals surface area contributed by atoms with Gasteiger partial charge in [-0.3, -0.25) is 4.79 Å². The molecule has 1 atom stereocenters. The largest absolute Gasteiger partial charge is 0.489 e. The highest BCUT2D eigenvalue weighted by Gasteiger charge is 2.41. The molecule has 39 heavy (non-hydrogen) atoms. The first kappa shape index (κ1) is 27.0. The van der Waals surface area contributed by atoms with Crippen molar-refractivity contribution >= 4 is 28.8 Å². The van der Waals surface area contributed by atoms with Crippen molar-refractivity contribution < 1.29 is 23.8 Å². The minimum Gasteiger partial charge on any atom is -0.489 e. The lowest BCUT2D eigenvalue weighted by Crippen LogP contribution is -2.38. The number of aliphatic imine (C=N–C) groups is 1. The molecule has 2 heterocycles. The van der Waals surface area contributed by atoms with Gasteiger partial charge in [0.2, 0.25) is 5.91 Å². The van der Waals surface area contributed by atoms with Crippen LogP contribution in [0.1, 0.15) is 43.4 Å². The molecule has 2 aliphatic heterocycles. The summed E-state index contributed by atoms with van der Waals surface area (Å²) >= 11 is 1.46. The summed E-state index contributed by atoms with van der Waals surface area (Å²) in [4.78, 5) is 32.9. The third-order valence-electron chi connectivity index (χ3n) is 6.79. The first-order valence-corrected chi connectivity index (χ1v) is 14.0. The Balaban J connectivity index is 1.43. The number of rotatable bonds is 12. The first-order valence-electron chi connectivity index (χ1n) is 13.2. The molecule has 2 aromatic rings. The van der Waals surface area contributed by atoms with Crippen molar-refractivity contribution in [3.05, 3.63) is 88.1 Å². The maximum absolute atomic E-state index is 13.4. The highest BCUT2D eigenvalue weighted by molar-refractivity contribution is 8.16. The smallest absolute Gasteiger partial charge is 0.338 e. The van der Waals surface area contributed by atoms with Crippen molar-refractivity contribution in [3.8, 4) is 5.75 Å². The molecule has 2 aromatic carbocycles. The second-order valence-electron chi connectivity index (χ2n) is 9.79. The summed E-state index contributed by atoms with van der Waals surface area (Å²) in [6.45, 7) is 3.39. The second-order valence-corrected chi connectivity index (χ2v) is 10.6. The van der Waals surface area contributed by atoms with Crippen LogP contribution in [0.3, 0.4) is 0 Å². The lowest BCUT2D eigenvalue weighted by atomic mass is 9.93. The Morgan fingerprint density at radius 3 is 2.69 bits per heavy atom. The molecular weight excluding hydrogens is 514 g/mol. The molecule has 1 amide bonds. The first-order chi connectivity index (χ1) is 19.0. The molecule has 1 N–H and O–H groups in total. The van der Waals surface area contributed by atoms with Crippen LogP contribution in [0.4, 0.5) is 0 Å². The van der Waals surface area contributed by atoms with Crippen LogP contribution in [-0.2, 0) is 25.7 Å². The minimum atomic E-state index is -0.523. The lowest BCUT2D eigenvalue weighted by Gasteiger charge is -2.36. The standard InChI is InChI=1S/C30H33N3O5S/c1-20-27(29(35)37-14-13-36-2)28(23-9-6-10-25(15-23)38-18-22-7-4-3-5-8-22)33-24(19-39-30(33)32-20)16-26(34)31-17-21-11-12-21/h3-10,15,19,21,28H,11-14,16-18H2,1-2H3,(H,31,34). The fourth-order valence-corrected chi connectivity index (χ4v) is 5.53. The van der Waals surface area contributed by atoms with E-state index in [9.17, 15) is 9.59 Å². The predicted octanol–water partition coefficient (Wildman–Crippen LogP) is 4.95. The van der Waals surface area contributed by atoms with Crippen molar-refractivity contribution in [1.29, 1.82) is 0 Å². The number of methoxy groups -OCH3 is 1. The number of amidine groups is 1. The third kappa shape index (κ3) is 6.72. The average molecular weight is 548 g/mol. The van der Waals surface area contributed by atoms with Crippen LogP contribution in [-0.4, -0.2) is 48.8 Å². The summed E-state index contributed by atoms with van der Waals surface area (Å²) in [5.41, 5.74) is 3.72. The lowest BCUT2D eigenvalue weighted by molar-refractivity contribution is -0.141. The van der Waals surface area contributed by atoms with Crippen molar-refractivity contribution in [1.82, 2.24) is 10.2 Å². The SMILES string of the molecule is COCCOC(=O)C1=C(C)N=C2SC=C(CC(=O)NCC3CC3)N2C1c1cccc(OCc2ccccc2)c1. The number of hydrogen-bond donors (Lipinski definition) is 1. The van der Waals surface area contributed by atoms with Crippen molar-refractivity contribution in [2.24, 2.45) is 10.9 Å². The highest BCUT2D eigenvalue weighted by Crippen LogP contribution is 2.45. The molecule has 1 unspecified atom stereocenters. The third-order valence-corrected chi connectivity index (χ3v) is 7.68. The number of carbonyl (C=O) groups excluding carboxylic acids is 2. The van der Waals surface area contributed by atoms with Crippen molar-refractivity contribution in [2.75, 3.05) is 26.9 Å². The Kier molecular flexibility index (Phi) is 8.68. The van der Waals surface area contributed by atoms with Gasteiger partial charge in [0, 0.05) is 19.4 Å². The van der Waals surface area contributed by atoms with Crippen molar-refractivity contribution in [3.63, 3.8) is 0 Å². The number of allylic oxidation sites excluding steroid dienone is 1. The van der Waals surface area contributed by atoms with E-state index in [4.69, 9.17) is 19.2 Å². The number of hydrogen-bond acceptors (Lipinski definition) is 8. The minimum absolute atomic E-state index is 0.0378. The molecule has 204 valence electrons. The van der Waals surface area contributed by atoms with Crippen LogP contribution in [0.5, 0.6) is 5.75 Å². The van der Waals surface area contributed by atoms with Gasteiger partial charge < -0.3 is 24.4 Å². The monoisotopic (exact) mass is 547 g/mol. The molecule has 3 aliphatic rings. The zero-order chi connectivity index (χ0) is 27.2. The number of ether oxygens (including phenoxy) is 3. The molecule has 0 saturated heterocycles. The molecular formula is C30H33N3O5S. The van der Waals surface area contributed by atoms with E-state index < -0.39 is 12.0 Å². The summed E-state index contributed by atoms with van der Waals surface area (Å²) in [7, 11) is 1.56. The van der Waals surface area contributed by atoms with Gasteiger partial charge in [-0.2, -0.15) is 0 Å². The molecule has 9 heteroatoms. The number of esters is 1.